The smallest absolute Gasteiger partial charge is 0.275 e. The minimum absolute atomic E-state index is 0.309. The van der Waals surface area contributed by atoms with Crippen molar-refractivity contribution in [1.29, 1.82) is 0 Å². The Bertz CT molecular complexity index is 683. The van der Waals surface area contributed by atoms with E-state index in [2.05, 4.69) is 10.5 Å². The van der Waals surface area contributed by atoms with Gasteiger partial charge in [0, 0.05) is 0 Å². The van der Waals surface area contributed by atoms with Gasteiger partial charge in [0.25, 0.3) is 5.91 Å². The maximum absolute atomic E-state index is 12.2. The number of para-hydroxylation sites is 1. The Kier molecular flexibility index (Phi) is 6.17. The van der Waals surface area contributed by atoms with E-state index in [9.17, 15) is 4.79 Å². The van der Waals surface area contributed by atoms with Crippen LogP contribution < -0.4 is 14.9 Å². The predicted octanol–water partition coefficient (Wildman–Crippen LogP) is 3.25. The zero-order valence-corrected chi connectivity index (χ0v) is 13.3. The van der Waals surface area contributed by atoms with Gasteiger partial charge >= 0.3 is 0 Å². The normalized spacial score (nSPS) is 10.5. The van der Waals surface area contributed by atoms with Crippen LogP contribution in [0.5, 0.6) is 11.5 Å². The maximum Gasteiger partial charge on any atom is 0.275 e. The average molecular weight is 312 g/mol. The maximum atomic E-state index is 12.2. The lowest BCUT2D eigenvalue weighted by Crippen LogP contribution is -2.18. The van der Waals surface area contributed by atoms with Crippen LogP contribution in [-0.2, 0) is 0 Å². The molecule has 0 aliphatic rings. The van der Waals surface area contributed by atoms with Gasteiger partial charge in [0.15, 0.2) is 0 Å². The Balaban J connectivity index is 2.03. The van der Waals surface area contributed by atoms with E-state index >= 15 is 0 Å². The third-order valence-corrected chi connectivity index (χ3v) is 3.07. The second-order valence-corrected chi connectivity index (χ2v) is 4.82. The number of hydrogen-bond donors (Lipinski definition) is 1. The number of methoxy groups -OCH3 is 1. The topological polar surface area (TPSA) is 59.9 Å². The summed E-state index contributed by atoms with van der Waals surface area (Å²) in [4.78, 5) is 12.2. The van der Waals surface area contributed by atoms with Crippen LogP contribution in [0.4, 0.5) is 0 Å². The molecule has 0 saturated carbocycles. The van der Waals surface area contributed by atoms with Crippen molar-refractivity contribution >= 4 is 12.1 Å². The SMILES string of the molecule is CCCOc1ccccc1C(=O)NN=Cc1cccc(OC)c1. The van der Waals surface area contributed by atoms with Crippen molar-refractivity contribution in [1.82, 2.24) is 5.43 Å². The second-order valence-electron chi connectivity index (χ2n) is 4.82. The monoisotopic (exact) mass is 312 g/mol. The zero-order valence-electron chi connectivity index (χ0n) is 13.3. The van der Waals surface area contributed by atoms with E-state index in [1.165, 1.54) is 0 Å². The summed E-state index contributed by atoms with van der Waals surface area (Å²) in [6, 6.07) is 14.5. The fraction of sp³-hybridized carbons (Fsp3) is 0.222. The van der Waals surface area contributed by atoms with Gasteiger partial charge < -0.3 is 9.47 Å². The second kappa shape index (κ2) is 8.58. The van der Waals surface area contributed by atoms with Crippen molar-refractivity contribution in [2.24, 2.45) is 5.10 Å². The Hall–Kier alpha value is -2.82. The van der Waals surface area contributed by atoms with Gasteiger partial charge in [-0.25, -0.2) is 5.43 Å². The Morgan fingerprint density at radius 1 is 1.22 bits per heavy atom. The van der Waals surface area contributed by atoms with Crippen LogP contribution in [0.2, 0.25) is 0 Å². The van der Waals surface area contributed by atoms with E-state index in [0.717, 1.165) is 17.7 Å². The number of amides is 1. The number of nitrogens with one attached hydrogen (secondary N) is 1. The molecule has 0 aromatic heterocycles. The van der Waals surface area contributed by atoms with Gasteiger partial charge in [0.05, 0.1) is 25.5 Å². The number of carbonyl (C=O) groups excluding carboxylic acids is 1. The molecule has 5 heteroatoms. The van der Waals surface area contributed by atoms with Gasteiger partial charge in [-0.3, -0.25) is 4.79 Å². The lowest BCUT2D eigenvalue weighted by molar-refractivity contribution is 0.0951. The summed E-state index contributed by atoms with van der Waals surface area (Å²) in [5, 5.41) is 3.98. The molecule has 5 nitrogen and oxygen atoms in total. The van der Waals surface area contributed by atoms with Crippen LogP contribution in [0.15, 0.2) is 53.6 Å². The molecule has 2 aromatic carbocycles. The number of benzene rings is 2. The zero-order chi connectivity index (χ0) is 16.5. The lowest BCUT2D eigenvalue weighted by Gasteiger charge is -2.09. The molecule has 23 heavy (non-hydrogen) atoms. The lowest BCUT2D eigenvalue weighted by atomic mass is 10.2. The Morgan fingerprint density at radius 3 is 2.83 bits per heavy atom. The number of ether oxygens (including phenoxy) is 2. The molecule has 0 fully saturated rings. The molecule has 0 atom stereocenters. The molecular weight excluding hydrogens is 292 g/mol. The first-order chi connectivity index (χ1) is 11.2. The number of hydrogen-bond acceptors (Lipinski definition) is 4. The largest absolute Gasteiger partial charge is 0.497 e. The van der Waals surface area contributed by atoms with Gasteiger partial charge in [0.1, 0.15) is 11.5 Å². The highest BCUT2D eigenvalue weighted by Crippen LogP contribution is 2.18. The standard InChI is InChI=1S/C18H20N2O3/c1-3-11-23-17-10-5-4-9-16(17)18(21)20-19-13-14-7-6-8-15(12-14)22-2/h4-10,12-13H,3,11H2,1-2H3,(H,20,21). The highest BCUT2D eigenvalue weighted by Gasteiger charge is 2.10. The molecule has 1 amide bonds. The predicted molar refractivity (Wildman–Crippen MR) is 90.3 cm³/mol. The minimum Gasteiger partial charge on any atom is -0.497 e. The van der Waals surface area contributed by atoms with Crippen molar-refractivity contribution in [3.63, 3.8) is 0 Å². The number of nitrogens with zero attached hydrogens (tertiary/aromatic N) is 1. The molecule has 0 heterocycles. The van der Waals surface area contributed by atoms with Crippen LogP contribution in [0.25, 0.3) is 0 Å². The first-order valence-corrected chi connectivity index (χ1v) is 7.44. The highest BCUT2D eigenvalue weighted by atomic mass is 16.5. The Morgan fingerprint density at radius 2 is 2.04 bits per heavy atom. The summed E-state index contributed by atoms with van der Waals surface area (Å²) in [5.74, 6) is 0.984. The summed E-state index contributed by atoms with van der Waals surface area (Å²) >= 11 is 0. The van der Waals surface area contributed by atoms with E-state index in [4.69, 9.17) is 9.47 Å². The van der Waals surface area contributed by atoms with E-state index in [0.29, 0.717) is 17.9 Å². The summed E-state index contributed by atoms with van der Waals surface area (Å²) in [6.07, 6.45) is 2.44. The molecule has 0 bridgehead atoms. The summed E-state index contributed by atoms with van der Waals surface area (Å²) in [7, 11) is 1.60. The molecule has 2 rings (SSSR count). The molecule has 0 radical (unpaired) electrons. The number of rotatable bonds is 7. The van der Waals surface area contributed by atoms with Crippen molar-refractivity contribution in [2.45, 2.75) is 13.3 Å². The van der Waals surface area contributed by atoms with E-state index in [1.54, 1.807) is 31.5 Å². The summed E-state index contributed by atoms with van der Waals surface area (Å²) in [5.41, 5.74) is 3.81. The molecule has 2 aromatic rings. The average Bonchev–Trinajstić information content (AvgIpc) is 2.60. The third kappa shape index (κ3) is 4.85. The van der Waals surface area contributed by atoms with Crippen molar-refractivity contribution in [3.8, 4) is 11.5 Å². The van der Waals surface area contributed by atoms with Gasteiger partial charge in [-0.1, -0.05) is 31.2 Å². The van der Waals surface area contributed by atoms with Crippen molar-refractivity contribution in [3.05, 3.63) is 59.7 Å². The molecule has 0 spiro atoms. The molecule has 0 aliphatic carbocycles. The van der Waals surface area contributed by atoms with E-state index < -0.39 is 0 Å². The van der Waals surface area contributed by atoms with Crippen LogP contribution >= 0.6 is 0 Å². The van der Waals surface area contributed by atoms with Crippen LogP contribution in [-0.4, -0.2) is 25.8 Å². The fourth-order valence-electron chi connectivity index (χ4n) is 1.94. The number of carbonyl (C=O) groups is 1. The molecule has 1 N–H and O–H groups in total. The summed E-state index contributed by atoms with van der Waals surface area (Å²) in [6.45, 7) is 2.58. The first-order valence-electron chi connectivity index (χ1n) is 7.44. The third-order valence-electron chi connectivity index (χ3n) is 3.07. The van der Waals surface area contributed by atoms with Crippen LogP contribution in [0.1, 0.15) is 29.3 Å². The van der Waals surface area contributed by atoms with E-state index in [-0.39, 0.29) is 5.91 Å². The van der Waals surface area contributed by atoms with Gasteiger partial charge in [-0.2, -0.15) is 5.10 Å². The minimum atomic E-state index is -0.309. The molecule has 120 valence electrons. The molecule has 0 unspecified atom stereocenters. The van der Waals surface area contributed by atoms with Crippen LogP contribution in [0.3, 0.4) is 0 Å². The highest BCUT2D eigenvalue weighted by molar-refractivity contribution is 5.97. The van der Waals surface area contributed by atoms with Gasteiger partial charge in [0.2, 0.25) is 0 Å². The quantitative estimate of drug-likeness (QED) is 0.630. The Labute approximate surface area is 135 Å². The fourth-order valence-corrected chi connectivity index (χ4v) is 1.94. The molecular formula is C18H20N2O3. The van der Waals surface area contributed by atoms with Gasteiger partial charge in [-0.15, -0.1) is 0 Å². The summed E-state index contributed by atoms with van der Waals surface area (Å²) < 4.78 is 10.7. The molecule has 0 saturated heterocycles. The van der Waals surface area contributed by atoms with Crippen molar-refractivity contribution in [2.75, 3.05) is 13.7 Å². The first kappa shape index (κ1) is 16.5. The van der Waals surface area contributed by atoms with E-state index in [1.807, 2.05) is 37.3 Å². The van der Waals surface area contributed by atoms with Gasteiger partial charge in [-0.05, 0) is 36.2 Å². The molecule has 0 aliphatic heterocycles. The number of hydrazone groups is 1. The van der Waals surface area contributed by atoms with Crippen LogP contribution in [0, 0.1) is 0 Å². The van der Waals surface area contributed by atoms with Crippen molar-refractivity contribution < 1.29 is 14.3 Å².